The molecule has 0 amide bonds. The number of anilines is 1. The molecule has 0 aliphatic carbocycles. The normalized spacial score (nSPS) is 11.2. The lowest BCUT2D eigenvalue weighted by Gasteiger charge is -2.03. The minimum Gasteiger partial charge on any atom is -0.478 e. The van der Waals surface area contributed by atoms with Gasteiger partial charge in [0.2, 0.25) is 0 Å². The van der Waals surface area contributed by atoms with E-state index in [1.54, 1.807) is 13.0 Å². The van der Waals surface area contributed by atoms with Gasteiger partial charge in [-0.1, -0.05) is 23.8 Å². The SMILES string of the molecule is C/C(=C/CNc1ccc(C)cc1)C(=O)O. The van der Waals surface area contributed by atoms with Crippen molar-refractivity contribution in [3.8, 4) is 0 Å². The zero-order valence-electron chi connectivity index (χ0n) is 8.95. The number of benzene rings is 1. The van der Waals surface area contributed by atoms with E-state index in [2.05, 4.69) is 5.32 Å². The highest BCUT2D eigenvalue weighted by Crippen LogP contribution is 2.08. The summed E-state index contributed by atoms with van der Waals surface area (Å²) in [6, 6.07) is 7.96. The summed E-state index contributed by atoms with van der Waals surface area (Å²) in [5.74, 6) is -0.874. The molecule has 0 fully saturated rings. The van der Waals surface area contributed by atoms with Gasteiger partial charge in [-0.25, -0.2) is 4.79 Å². The molecule has 1 aromatic rings. The van der Waals surface area contributed by atoms with Crippen molar-refractivity contribution in [1.82, 2.24) is 0 Å². The van der Waals surface area contributed by atoms with Crippen LogP contribution in [0.5, 0.6) is 0 Å². The Kier molecular flexibility index (Phi) is 3.92. The van der Waals surface area contributed by atoms with Crippen LogP contribution in [0, 0.1) is 6.92 Å². The van der Waals surface area contributed by atoms with E-state index in [0.29, 0.717) is 12.1 Å². The molecule has 80 valence electrons. The van der Waals surface area contributed by atoms with E-state index in [0.717, 1.165) is 5.69 Å². The number of carboxylic acids is 1. The van der Waals surface area contributed by atoms with E-state index < -0.39 is 5.97 Å². The molecule has 0 saturated heterocycles. The predicted molar refractivity (Wildman–Crippen MR) is 61.1 cm³/mol. The van der Waals surface area contributed by atoms with Gasteiger partial charge in [-0.15, -0.1) is 0 Å². The maximum atomic E-state index is 10.5. The molecule has 0 atom stereocenters. The van der Waals surface area contributed by atoms with Crippen molar-refractivity contribution in [2.24, 2.45) is 0 Å². The van der Waals surface area contributed by atoms with Crippen molar-refractivity contribution in [3.05, 3.63) is 41.5 Å². The molecule has 2 N–H and O–H groups in total. The van der Waals surface area contributed by atoms with Crippen LogP contribution in [0.15, 0.2) is 35.9 Å². The Morgan fingerprint density at radius 2 is 2.00 bits per heavy atom. The van der Waals surface area contributed by atoms with Crippen molar-refractivity contribution in [3.63, 3.8) is 0 Å². The first-order valence-corrected chi connectivity index (χ1v) is 4.80. The van der Waals surface area contributed by atoms with Gasteiger partial charge in [0.15, 0.2) is 0 Å². The van der Waals surface area contributed by atoms with Crippen LogP contribution in [0.2, 0.25) is 0 Å². The van der Waals surface area contributed by atoms with Gasteiger partial charge >= 0.3 is 5.97 Å². The lowest BCUT2D eigenvalue weighted by molar-refractivity contribution is -0.132. The van der Waals surface area contributed by atoms with Crippen LogP contribution in [0.1, 0.15) is 12.5 Å². The topological polar surface area (TPSA) is 49.3 Å². The number of rotatable bonds is 4. The quantitative estimate of drug-likeness (QED) is 0.742. The second-order valence-corrected chi connectivity index (χ2v) is 3.44. The van der Waals surface area contributed by atoms with Gasteiger partial charge in [-0.2, -0.15) is 0 Å². The van der Waals surface area contributed by atoms with Crippen molar-refractivity contribution in [2.75, 3.05) is 11.9 Å². The zero-order valence-corrected chi connectivity index (χ0v) is 8.95. The Balaban J connectivity index is 2.48. The van der Waals surface area contributed by atoms with Crippen molar-refractivity contribution in [1.29, 1.82) is 0 Å². The lowest BCUT2D eigenvalue weighted by atomic mass is 10.2. The van der Waals surface area contributed by atoms with Gasteiger partial charge in [0, 0.05) is 17.8 Å². The number of hydrogen-bond acceptors (Lipinski definition) is 2. The number of nitrogens with one attached hydrogen (secondary N) is 1. The number of aryl methyl sites for hydroxylation is 1. The summed E-state index contributed by atoms with van der Waals surface area (Å²) in [5, 5.41) is 11.7. The fourth-order valence-corrected chi connectivity index (χ4v) is 1.08. The molecular weight excluding hydrogens is 190 g/mol. The summed E-state index contributed by atoms with van der Waals surface area (Å²) in [5.41, 5.74) is 2.56. The minimum absolute atomic E-state index is 0.356. The molecule has 3 nitrogen and oxygen atoms in total. The van der Waals surface area contributed by atoms with Crippen molar-refractivity contribution in [2.45, 2.75) is 13.8 Å². The van der Waals surface area contributed by atoms with Crippen LogP contribution in [-0.4, -0.2) is 17.6 Å². The van der Waals surface area contributed by atoms with Crippen LogP contribution in [0.4, 0.5) is 5.69 Å². The molecule has 0 bridgehead atoms. The summed E-state index contributed by atoms with van der Waals surface area (Å²) < 4.78 is 0. The number of carboxylic acid groups (broad SMARTS) is 1. The van der Waals surface area contributed by atoms with Gasteiger partial charge in [-0.05, 0) is 26.0 Å². The largest absolute Gasteiger partial charge is 0.478 e. The third kappa shape index (κ3) is 3.85. The number of carbonyl (C=O) groups is 1. The molecule has 0 heterocycles. The molecule has 15 heavy (non-hydrogen) atoms. The molecule has 1 rings (SSSR count). The Morgan fingerprint density at radius 1 is 1.40 bits per heavy atom. The van der Waals surface area contributed by atoms with Gasteiger partial charge < -0.3 is 10.4 Å². The van der Waals surface area contributed by atoms with E-state index in [1.807, 2.05) is 31.2 Å². The standard InChI is InChI=1S/C12H15NO2/c1-9-3-5-11(6-4-9)13-8-7-10(2)12(14)15/h3-7,13H,8H2,1-2H3,(H,14,15)/b10-7-. The first kappa shape index (κ1) is 11.3. The third-order valence-electron chi connectivity index (χ3n) is 2.10. The van der Waals surface area contributed by atoms with Crippen LogP contribution >= 0.6 is 0 Å². The highest BCUT2D eigenvalue weighted by molar-refractivity contribution is 5.85. The zero-order chi connectivity index (χ0) is 11.3. The van der Waals surface area contributed by atoms with E-state index in [-0.39, 0.29) is 0 Å². The van der Waals surface area contributed by atoms with E-state index in [1.165, 1.54) is 5.56 Å². The van der Waals surface area contributed by atoms with Gasteiger partial charge in [0.05, 0.1) is 0 Å². The summed E-state index contributed by atoms with van der Waals surface area (Å²) in [7, 11) is 0. The van der Waals surface area contributed by atoms with E-state index in [4.69, 9.17) is 5.11 Å². The maximum absolute atomic E-state index is 10.5. The summed E-state index contributed by atoms with van der Waals surface area (Å²) in [6.45, 7) is 4.14. The van der Waals surface area contributed by atoms with Crippen LogP contribution < -0.4 is 5.32 Å². The van der Waals surface area contributed by atoms with Gasteiger partial charge in [-0.3, -0.25) is 0 Å². The predicted octanol–water partition coefficient (Wildman–Crippen LogP) is 2.44. The van der Waals surface area contributed by atoms with Crippen LogP contribution in [-0.2, 0) is 4.79 Å². The fraction of sp³-hybridized carbons (Fsp3) is 0.250. The van der Waals surface area contributed by atoms with Crippen molar-refractivity contribution >= 4 is 11.7 Å². The molecule has 0 saturated carbocycles. The molecule has 3 heteroatoms. The lowest BCUT2D eigenvalue weighted by Crippen LogP contribution is -2.02. The second kappa shape index (κ2) is 5.20. The highest BCUT2D eigenvalue weighted by Gasteiger charge is 1.97. The van der Waals surface area contributed by atoms with Gasteiger partial charge in [0.1, 0.15) is 0 Å². The summed E-state index contributed by atoms with van der Waals surface area (Å²) in [6.07, 6.45) is 1.65. The maximum Gasteiger partial charge on any atom is 0.331 e. The summed E-state index contributed by atoms with van der Waals surface area (Å²) in [4.78, 5) is 10.5. The molecule has 0 aliphatic heterocycles. The Bertz CT molecular complexity index is 366. The first-order chi connectivity index (χ1) is 7.09. The van der Waals surface area contributed by atoms with Gasteiger partial charge in [0.25, 0.3) is 0 Å². The van der Waals surface area contributed by atoms with Crippen LogP contribution in [0.3, 0.4) is 0 Å². The first-order valence-electron chi connectivity index (χ1n) is 4.80. The second-order valence-electron chi connectivity index (χ2n) is 3.44. The molecule has 1 aromatic carbocycles. The third-order valence-corrected chi connectivity index (χ3v) is 2.10. The molecular formula is C12H15NO2. The fourth-order valence-electron chi connectivity index (χ4n) is 1.08. The molecule has 0 aliphatic rings. The Hall–Kier alpha value is -1.77. The molecule has 0 aromatic heterocycles. The Labute approximate surface area is 89.4 Å². The average Bonchev–Trinajstić information content (AvgIpc) is 2.20. The number of hydrogen-bond donors (Lipinski definition) is 2. The Morgan fingerprint density at radius 3 is 2.53 bits per heavy atom. The molecule has 0 spiro atoms. The molecule has 0 radical (unpaired) electrons. The smallest absolute Gasteiger partial charge is 0.331 e. The summed E-state index contributed by atoms with van der Waals surface area (Å²) >= 11 is 0. The van der Waals surface area contributed by atoms with Crippen LogP contribution in [0.25, 0.3) is 0 Å². The van der Waals surface area contributed by atoms with Crippen molar-refractivity contribution < 1.29 is 9.90 Å². The number of aliphatic carboxylic acids is 1. The molecule has 0 unspecified atom stereocenters. The van der Waals surface area contributed by atoms with E-state index in [9.17, 15) is 4.79 Å². The minimum atomic E-state index is -0.874. The average molecular weight is 205 g/mol. The highest BCUT2D eigenvalue weighted by atomic mass is 16.4. The monoisotopic (exact) mass is 205 g/mol. The van der Waals surface area contributed by atoms with E-state index >= 15 is 0 Å².